The maximum atomic E-state index is 12.6. The van der Waals surface area contributed by atoms with Crippen LogP contribution in [0.2, 0.25) is 0 Å². The highest BCUT2D eigenvalue weighted by atomic mass is 16.1. The van der Waals surface area contributed by atoms with Gasteiger partial charge >= 0.3 is 0 Å². The van der Waals surface area contributed by atoms with Crippen LogP contribution >= 0.6 is 0 Å². The molecule has 2 N–H and O–H groups in total. The van der Waals surface area contributed by atoms with E-state index in [1.54, 1.807) is 0 Å². The van der Waals surface area contributed by atoms with E-state index in [9.17, 15) is 4.79 Å². The van der Waals surface area contributed by atoms with Crippen LogP contribution in [0.5, 0.6) is 0 Å². The van der Waals surface area contributed by atoms with E-state index in [0.717, 1.165) is 40.7 Å². The largest absolute Gasteiger partial charge is 0.372 e. The molecule has 1 aliphatic rings. The first-order valence-corrected chi connectivity index (χ1v) is 10.4. The number of aromatic nitrogens is 2. The molecule has 3 aromatic carbocycles. The quantitative estimate of drug-likeness (QED) is 0.511. The third kappa shape index (κ3) is 3.66. The van der Waals surface area contributed by atoms with E-state index in [0.29, 0.717) is 12.2 Å². The number of nitrogens with one attached hydrogen (secondary N) is 2. The SMILES string of the molecule is O=C(NCc1ccc(N2CCCC2)cc1)c1cc(-c2cccc3ccccc23)n[nH]1. The van der Waals surface area contributed by atoms with Gasteiger partial charge in [-0.25, -0.2) is 0 Å². The predicted molar refractivity (Wildman–Crippen MR) is 121 cm³/mol. The van der Waals surface area contributed by atoms with Gasteiger partial charge in [0.05, 0.1) is 5.69 Å². The maximum Gasteiger partial charge on any atom is 0.269 e. The van der Waals surface area contributed by atoms with Gasteiger partial charge in [0, 0.05) is 30.9 Å². The van der Waals surface area contributed by atoms with Crippen molar-refractivity contribution in [3.05, 3.63) is 84.1 Å². The zero-order valence-electron chi connectivity index (χ0n) is 16.8. The number of hydrogen-bond donors (Lipinski definition) is 2. The molecule has 0 bridgehead atoms. The highest BCUT2D eigenvalue weighted by Crippen LogP contribution is 2.27. The van der Waals surface area contributed by atoms with E-state index in [-0.39, 0.29) is 5.91 Å². The molecule has 1 fully saturated rings. The van der Waals surface area contributed by atoms with E-state index < -0.39 is 0 Å². The van der Waals surface area contributed by atoms with Gasteiger partial charge in [-0.05, 0) is 47.4 Å². The van der Waals surface area contributed by atoms with Crippen LogP contribution in [0.1, 0.15) is 28.9 Å². The molecule has 1 aromatic heterocycles. The number of carbonyl (C=O) groups is 1. The molecule has 5 nitrogen and oxygen atoms in total. The molecule has 1 saturated heterocycles. The van der Waals surface area contributed by atoms with E-state index >= 15 is 0 Å². The summed E-state index contributed by atoms with van der Waals surface area (Å²) in [4.78, 5) is 15.0. The molecule has 30 heavy (non-hydrogen) atoms. The first kappa shape index (κ1) is 18.4. The number of hydrogen-bond acceptors (Lipinski definition) is 3. The number of nitrogens with zero attached hydrogens (tertiary/aromatic N) is 2. The molecule has 0 aliphatic carbocycles. The normalized spacial score (nSPS) is 13.7. The second kappa shape index (κ2) is 8.03. The third-order valence-corrected chi connectivity index (χ3v) is 5.75. The minimum absolute atomic E-state index is 0.155. The zero-order valence-corrected chi connectivity index (χ0v) is 16.8. The molecule has 2 heterocycles. The van der Waals surface area contributed by atoms with Crippen molar-refractivity contribution >= 4 is 22.4 Å². The molecular weight excluding hydrogens is 372 g/mol. The number of fused-ring (bicyclic) bond motifs is 1. The second-order valence-corrected chi connectivity index (χ2v) is 7.74. The Morgan fingerprint density at radius 2 is 1.73 bits per heavy atom. The van der Waals surface area contributed by atoms with Gasteiger partial charge in [-0.15, -0.1) is 0 Å². The van der Waals surface area contributed by atoms with Crippen LogP contribution in [-0.2, 0) is 6.54 Å². The molecule has 5 rings (SSSR count). The molecule has 1 aliphatic heterocycles. The second-order valence-electron chi connectivity index (χ2n) is 7.74. The van der Waals surface area contributed by atoms with Crippen molar-refractivity contribution in [3.8, 4) is 11.3 Å². The first-order valence-electron chi connectivity index (χ1n) is 10.4. The standard InChI is InChI=1S/C25H24N4O/c30-25(26-17-18-10-12-20(13-11-18)29-14-3-4-15-29)24-16-23(27-28-24)22-9-5-7-19-6-1-2-8-21(19)22/h1-2,5-13,16H,3-4,14-15,17H2,(H,26,30)(H,27,28). The summed E-state index contributed by atoms with van der Waals surface area (Å²) in [5, 5.41) is 12.5. The fraction of sp³-hybridized carbons (Fsp3) is 0.200. The lowest BCUT2D eigenvalue weighted by atomic mass is 10.0. The van der Waals surface area contributed by atoms with E-state index in [2.05, 4.69) is 62.9 Å². The van der Waals surface area contributed by atoms with Crippen molar-refractivity contribution in [2.75, 3.05) is 18.0 Å². The minimum Gasteiger partial charge on any atom is -0.372 e. The molecular formula is C25H24N4O. The monoisotopic (exact) mass is 396 g/mol. The van der Waals surface area contributed by atoms with Gasteiger partial charge in [0.1, 0.15) is 5.69 Å². The average molecular weight is 396 g/mol. The fourth-order valence-electron chi connectivity index (χ4n) is 4.10. The first-order chi connectivity index (χ1) is 14.8. The summed E-state index contributed by atoms with van der Waals surface area (Å²) in [5.41, 5.74) is 4.59. The van der Waals surface area contributed by atoms with E-state index in [1.807, 2.05) is 30.3 Å². The molecule has 150 valence electrons. The van der Waals surface area contributed by atoms with Crippen LogP contribution in [0, 0.1) is 0 Å². The minimum atomic E-state index is -0.155. The van der Waals surface area contributed by atoms with Gasteiger partial charge in [0.25, 0.3) is 5.91 Å². The lowest BCUT2D eigenvalue weighted by molar-refractivity contribution is 0.0946. The van der Waals surface area contributed by atoms with Crippen molar-refractivity contribution in [2.45, 2.75) is 19.4 Å². The number of rotatable bonds is 5. The number of H-pyrrole nitrogens is 1. The Labute approximate surface area is 175 Å². The van der Waals surface area contributed by atoms with Gasteiger partial charge in [-0.2, -0.15) is 5.10 Å². The predicted octanol–water partition coefficient (Wildman–Crippen LogP) is 4.76. The zero-order chi connectivity index (χ0) is 20.3. The Bertz CT molecular complexity index is 1170. The molecule has 0 atom stereocenters. The number of amides is 1. The van der Waals surface area contributed by atoms with Crippen LogP contribution in [0.3, 0.4) is 0 Å². The molecule has 1 amide bonds. The summed E-state index contributed by atoms with van der Waals surface area (Å²) in [5.74, 6) is -0.155. The molecule has 0 spiro atoms. The Morgan fingerprint density at radius 3 is 2.57 bits per heavy atom. The molecule has 5 heteroatoms. The van der Waals surface area contributed by atoms with Gasteiger partial charge in [0.2, 0.25) is 0 Å². The summed E-state index contributed by atoms with van der Waals surface area (Å²) in [6.45, 7) is 2.76. The van der Waals surface area contributed by atoms with E-state index in [4.69, 9.17) is 0 Å². The molecule has 0 saturated carbocycles. The number of carbonyl (C=O) groups excluding carboxylic acids is 1. The Balaban J connectivity index is 1.27. The van der Waals surface area contributed by atoms with E-state index in [1.165, 1.54) is 18.5 Å². The summed E-state index contributed by atoms with van der Waals surface area (Å²) in [6.07, 6.45) is 2.53. The number of aromatic amines is 1. The van der Waals surface area contributed by atoms with Crippen molar-refractivity contribution < 1.29 is 4.79 Å². The summed E-state index contributed by atoms with van der Waals surface area (Å²) < 4.78 is 0. The summed E-state index contributed by atoms with van der Waals surface area (Å²) in [6, 6.07) is 24.6. The maximum absolute atomic E-state index is 12.6. The van der Waals surface area contributed by atoms with Crippen molar-refractivity contribution in [3.63, 3.8) is 0 Å². The smallest absolute Gasteiger partial charge is 0.269 e. The number of benzene rings is 3. The molecule has 0 unspecified atom stereocenters. The van der Waals surface area contributed by atoms with Gasteiger partial charge in [-0.1, -0.05) is 54.6 Å². The van der Waals surface area contributed by atoms with Crippen molar-refractivity contribution in [2.24, 2.45) is 0 Å². The summed E-state index contributed by atoms with van der Waals surface area (Å²) in [7, 11) is 0. The lowest BCUT2D eigenvalue weighted by Gasteiger charge is -2.17. The van der Waals surface area contributed by atoms with Crippen molar-refractivity contribution in [1.82, 2.24) is 15.5 Å². The highest BCUT2D eigenvalue weighted by molar-refractivity contribution is 5.98. The van der Waals surface area contributed by atoms with Crippen LogP contribution in [-0.4, -0.2) is 29.2 Å². The van der Waals surface area contributed by atoms with Crippen LogP contribution in [0.25, 0.3) is 22.0 Å². The molecule has 0 radical (unpaired) electrons. The van der Waals surface area contributed by atoms with Gasteiger partial charge in [0.15, 0.2) is 0 Å². The van der Waals surface area contributed by atoms with Crippen LogP contribution in [0.4, 0.5) is 5.69 Å². The topological polar surface area (TPSA) is 61.0 Å². The number of anilines is 1. The lowest BCUT2D eigenvalue weighted by Crippen LogP contribution is -2.23. The highest BCUT2D eigenvalue weighted by Gasteiger charge is 2.14. The Hall–Kier alpha value is -3.60. The van der Waals surface area contributed by atoms with Crippen LogP contribution in [0.15, 0.2) is 72.8 Å². The van der Waals surface area contributed by atoms with Crippen molar-refractivity contribution in [1.29, 1.82) is 0 Å². The van der Waals surface area contributed by atoms with Gasteiger partial charge < -0.3 is 10.2 Å². The average Bonchev–Trinajstić information content (AvgIpc) is 3.50. The Kier molecular flexibility index (Phi) is 4.93. The van der Waals surface area contributed by atoms with Crippen LogP contribution < -0.4 is 10.2 Å². The Morgan fingerprint density at radius 1 is 0.967 bits per heavy atom. The summed E-state index contributed by atoms with van der Waals surface area (Å²) >= 11 is 0. The fourth-order valence-corrected chi connectivity index (χ4v) is 4.10. The third-order valence-electron chi connectivity index (χ3n) is 5.75. The van der Waals surface area contributed by atoms with Gasteiger partial charge in [-0.3, -0.25) is 9.89 Å². The molecule has 4 aromatic rings.